The van der Waals surface area contributed by atoms with Crippen molar-refractivity contribution in [2.75, 3.05) is 5.32 Å². The van der Waals surface area contributed by atoms with Crippen molar-refractivity contribution in [3.8, 4) is 16.9 Å². The Morgan fingerprint density at radius 2 is 2.00 bits per heavy atom. The van der Waals surface area contributed by atoms with E-state index in [0.717, 1.165) is 36.8 Å². The maximum atomic E-state index is 13.6. The Labute approximate surface area is 185 Å². The summed E-state index contributed by atoms with van der Waals surface area (Å²) in [7, 11) is 0. The number of benzene rings is 1. The Bertz CT molecular complexity index is 1250. The molecule has 0 amide bonds. The Balaban J connectivity index is 1.43. The van der Waals surface area contributed by atoms with E-state index in [0.29, 0.717) is 17.0 Å². The number of anilines is 1. The van der Waals surface area contributed by atoms with Crippen molar-refractivity contribution in [2.45, 2.75) is 50.8 Å². The van der Waals surface area contributed by atoms with Gasteiger partial charge in [0, 0.05) is 35.3 Å². The number of rotatable bonds is 5. The van der Waals surface area contributed by atoms with E-state index in [2.05, 4.69) is 15.0 Å². The van der Waals surface area contributed by atoms with Gasteiger partial charge < -0.3 is 20.1 Å². The fourth-order valence-corrected chi connectivity index (χ4v) is 4.54. The van der Waals surface area contributed by atoms with Gasteiger partial charge in [0.15, 0.2) is 5.65 Å². The van der Waals surface area contributed by atoms with Crippen LogP contribution in [0.15, 0.2) is 55.1 Å². The molecular formula is C24H26FN5O2. The second kappa shape index (κ2) is 8.27. The lowest BCUT2D eigenvalue weighted by molar-refractivity contribution is 0.0757. The van der Waals surface area contributed by atoms with Gasteiger partial charge in [0.05, 0.1) is 24.4 Å². The minimum absolute atomic E-state index is 0.0313. The van der Waals surface area contributed by atoms with E-state index < -0.39 is 5.82 Å². The maximum Gasteiger partial charge on any atom is 0.165 e. The average Bonchev–Trinajstić information content (AvgIpc) is 3.42. The van der Waals surface area contributed by atoms with Crippen molar-refractivity contribution in [3.63, 3.8) is 0 Å². The number of phenolic OH excluding ortho intramolecular Hbond substituents is 1. The van der Waals surface area contributed by atoms with Crippen LogP contribution in [0, 0.1) is 5.82 Å². The molecule has 3 unspecified atom stereocenters. The van der Waals surface area contributed by atoms with Crippen molar-refractivity contribution in [2.24, 2.45) is 0 Å². The van der Waals surface area contributed by atoms with Gasteiger partial charge in [-0.1, -0.05) is 12.8 Å². The summed E-state index contributed by atoms with van der Waals surface area (Å²) >= 11 is 0. The molecule has 0 saturated heterocycles. The minimum atomic E-state index is -0.402. The zero-order chi connectivity index (χ0) is 22.2. The summed E-state index contributed by atoms with van der Waals surface area (Å²) < 4.78 is 17.4. The molecule has 7 nitrogen and oxygen atoms in total. The van der Waals surface area contributed by atoms with Gasteiger partial charge in [0.1, 0.15) is 17.4 Å². The number of aliphatic hydroxyl groups excluding tert-OH is 1. The van der Waals surface area contributed by atoms with Crippen LogP contribution in [0.3, 0.4) is 0 Å². The lowest BCUT2D eigenvalue weighted by atomic mass is 9.92. The average molecular weight is 436 g/mol. The van der Waals surface area contributed by atoms with Gasteiger partial charge in [-0.05, 0) is 50.1 Å². The number of aromatic hydroxyl groups is 1. The predicted octanol–water partition coefficient (Wildman–Crippen LogP) is 4.69. The van der Waals surface area contributed by atoms with Gasteiger partial charge >= 0.3 is 0 Å². The van der Waals surface area contributed by atoms with Crippen LogP contribution in [0.5, 0.6) is 5.75 Å². The first-order chi connectivity index (χ1) is 15.5. The first-order valence-electron chi connectivity index (χ1n) is 10.9. The van der Waals surface area contributed by atoms with E-state index in [4.69, 9.17) is 4.98 Å². The van der Waals surface area contributed by atoms with Gasteiger partial charge in [0.25, 0.3) is 0 Å². The molecule has 3 N–H and O–H groups in total. The zero-order valence-corrected chi connectivity index (χ0v) is 17.8. The normalized spacial score (nSPS) is 19.8. The summed E-state index contributed by atoms with van der Waals surface area (Å²) in [6.07, 6.45) is 11.3. The summed E-state index contributed by atoms with van der Waals surface area (Å²) in [6, 6.07) is 7.46. The number of aliphatic hydroxyl groups is 1. The van der Waals surface area contributed by atoms with E-state index in [1.807, 2.05) is 31.6 Å². The summed E-state index contributed by atoms with van der Waals surface area (Å²) in [6.45, 7) is 1.84. The van der Waals surface area contributed by atoms with Crippen molar-refractivity contribution >= 4 is 11.5 Å². The van der Waals surface area contributed by atoms with Gasteiger partial charge in [-0.15, -0.1) is 0 Å². The first-order valence-corrected chi connectivity index (χ1v) is 10.9. The van der Waals surface area contributed by atoms with E-state index in [1.54, 1.807) is 16.8 Å². The highest BCUT2D eigenvalue weighted by Gasteiger charge is 2.24. The number of phenols is 1. The largest absolute Gasteiger partial charge is 0.508 e. The van der Waals surface area contributed by atoms with Crippen LogP contribution in [-0.2, 0) is 0 Å². The molecule has 3 heterocycles. The molecule has 0 aliphatic heterocycles. The Hall–Kier alpha value is -3.39. The van der Waals surface area contributed by atoms with Crippen LogP contribution in [0.1, 0.15) is 50.3 Å². The Morgan fingerprint density at radius 1 is 1.16 bits per heavy atom. The summed E-state index contributed by atoms with van der Waals surface area (Å²) in [5.41, 5.74) is 3.02. The van der Waals surface area contributed by atoms with Crippen molar-refractivity contribution < 1.29 is 14.6 Å². The van der Waals surface area contributed by atoms with Crippen LogP contribution in [0.2, 0.25) is 0 Å². The van der Waals surface area contributed by atoms with Crippen molar-refractivity contribution in [1.82, 2.24) is 19.2 Å². The molecule has 1 aromatic carbocycles. The molecule has 166 valence electrons. The number of hydrogen-bond donors (Lipinski definition) is 3. The molecule has 8 heteroatoms. The Morgan fingerprint density at radius 3 is 2.84 bits per heavy atom. The minimum Gasteiger partial charge on any atom is -0.508 e. The molecule has 3 aromatic heterocycles. The molecule has 1 aliphatic rings. The zero-order valence-electron chi connectivity index (χ0n) is 17.8. The van der Waals surface area contributed by atoms with E-state index in [-0.39, 0.29) is 23.9 Å². The fraction of sp³-hybridized carbons (Fsp3) is 0.333. The standard InChI is InChI=1S/C24H26FN5O2/c1-15(18-12-17(25)6-7-21(18)31)27-23-9-11-30-24(28-23)19(13-26-30)16-8-10-29(14-16)20-4-2-3-5-22(20)32/h6-15,20,22,31-32H,2-5H2,1H3,(H,27,28). The molecule has 5 rings (SSSR count). The molecule has 4 aromatic rings. The van der Waals surface area contributed by atoms with Crippen LogP contribution >= 0.6 is 0 Å². The smallest absolute Gasteiger partial charge is 0.165 e. The lowest BCUT2D eigenvalue weighted by Crippen LogP contribution is -2.26. The molecule has 1 aliphatic carbocycles. The van der Waals surface area contributed by atoms with Gasteiger partial charge in [-0.2, -0.15) is 5.10 Å². The second-order valence-corrected chi connectivity index (χ2v) is 8.47. The second-order valence-electron chi connectivity index (χ2n) is 8.47. The highest BCUT2D eigenvalue weighted by molar-refractivity contribution is 5.77. The van der Waals surface area contributed by atoms with Crippen LogP contribution < -0.4 is 5.32 Å². The third-order valence-corrected chi connectivity index (χ3v) is 6.29. The number of halogens is 1. The number of fused-ring (bicyclic) bond motifs is 1. The molecule has 1 saturated carbocycles. The van der Waals surface area contributed by atoms with Gasteiger partial charge in [-0.3, -0.25) is 0 Å². The lowest BCUT2D eigenvalue weighted by Gasteiger charge is -2.28. The summed E-state index contributed by atoms with van der Waals surface area (Å²) in [4.78, 5) is 4.72. The molecule has 0 bridgehead atoms. The highest BCUT2D eigenvalue weighted by Crippen LogP contribution is 2.32. The van der Waals surface area contributed by atoms with Gasteiger partial charge in [0.2, 0.25) is 0 Å². The summed E-state index contributed by atoms with van der Waals surface area (Å²) in [5.74, 6) is 0.224. The van der Waals surface area contributed by atoms with E-state index in [9.17, 15) is 14.6 Å². The molecule has 0 spiro atoms. The quantitative estimate of drug-likeness (QED) is 0.423. The number of nitrogens with zero attached hydrogens (tertiary/aromatic N) is 4. The molecule has 1 fully saturated rings. The van der Waals surface area contributed by atoms with Crippen LogP contribution in [-0.4, -0.2) is 35.5 Å². The third kappa shape index (κ3) is 3.82. The van der Waals surface area contributed by atoms with Crippen molar-refractivity contribution in [1.29, 1.82) is 0 Å². The Kier molecular flexibility index (Phi) is 5.30. The molecular weight excluding hydrogens is 409 g/mol. The predicted molar refractivity (Wildman–Crippen MR) is 120 cm³/mol. The maximum absolute atomic E-state index is 13.6. The molecule has 3 atom stereocenters. The molecule has 32 heavy (non-hydrogen) atoms. The monoisotopic (exact) mass is 435 g/mol. The van der Waals surface area contributed by atoms with Crippen molar-refractivity contribution in [3.05, 3.63) is 66.5 Å². The van der Waals surface area contributed by atoms with E-state index >= 15 is 0 Å². The number of nitrogens with one attached hydrogen (secondary N) is 1. The molecule has 0 radical (unpaired) electrons. The number of hydrogen-bond acceptors (Lipinski definition) is 5. The fourth-order valence-electron chi connectivity index (χ4n) is 4.54. The SMILES string of the molecule is CC(Nc1ccn2ncc(-c3ccn(C4CCCCC4O)c3)c2n1)c1cc(F)ccc1O. The van der Waals surface area contributed by atoms with Gasteiger partial charge in [-0.25, -0.2) is 13.9 Å². The first kappa shape index (κ1) is 20.5. The number of aromatic nitrogens is 4. The summed E-state index contributed by atoms with van der Waals surface area (Å²) in [5, 5.41) is 28.1. The van der Waals surface area contributed by atoms with Crippen LogP contribution in [0.4, 0.5) is 10.2 Å². The van der Waals surface area contributed by atoms with Crippen LogP contribution in [0.25, 0.3) is 16.8 Å². The highest BCUT2D eigenvalue weighted by atomic mass is 19.1. The topological polar surface area (TPSA) is 87.6 Å². The van der Waals surface area contributed by atoms with E-state index in [1.165, 1.54) is 18.2 Å². The third-order valence-electron chi connectivity index (χ3n) is 6.29.